The molecule has 0 saturated carbocycles. The molecule has 1 aromatic carbocycles. The third-order valence-electron chi connectivity index (χ3n) is 2.41. The summed E-state index contributed by atoms with van der Waals surface area (Å²) in [6.45, 7) is 0.602. The van der Waals surface area contributed by atoms with Crippen molar-refractivity contribution in [2.75, 3.05) is 0 Å². The van der Waals surface area contributed by atoms with E-state index in [9.17, 15) is 4.79 Å². The second-order valence-corrected chi connectivity index (χ2v) is 3.73. The Kier molecular flexibility index (Phi) is 3.64. The smallest absolute Gasteiger partial charge is 0.226 e. The minimum absolute atomic E-state index is 0.123. The molecule has 3 N–H and O–H groups in total. The third-order valence-corrected chi connectivity index (χ3v) is 2.41. The van der Waals surface area contributed by atoms with Gasteiger partial charge in [0.2, 0.25) is 5.43 Å². The van der Waals surface area contributed by atoms with Gasteiger partial charge in [0.15, 0.2) is 5.75 Å². The second kappa shape index (κ2) is 5.37. The maximum atomic E-state index is 11.2. The molecule has 2 aromatic rings. The zero-order valence-corrected chi connectivity index (χ0v) is 9.63. The Morgan fingerprint density at radius 3 is 2.61 bits per heavy atom. The molecule has 0 atom stereocenters. The predicted octanol–water partition coefficient (Wildman–Crippen LogP) is 1.38. The van der Waals surface area contributed by atoms with Crippen molar-refractivity contribution in [3.8, 4) is 11.5 Å². The van der Waals surface area contributed by atoms with Crippen molar-refractivity contribution in [1.82, 2.24) is 0 Å². The fourth-order valence-corrected chi connectivity index (χ4v) is 1.40. The van der Waals surface area contributed by atoms with Crippen molar-refractivity contribution in [3.63, 3.8) is 0 Å². The molecule has 0 amide bonds. The van der Waals surface area contributed by atoms with Crippen molar-refractivity contribution in [2.45, 2.75) is 13.2 Å². The van der Waals surface area contributed by atoms with Crippen LogP contribution in [0.5, 0.6) is 11.5 Å². The first kappa shape index (κ1) is 12.2. The predicted molar refractivity (Wildman–Crippen MR) is 65.3 cm³/mol. The Labute approximate surface area is 103 Å². The Hall–Kier alpha value is -2.27. The van der Waals surface area contributed by atoms with Crippen LogP contribution in [0.4, 0.5) is 0 Å². The average molecular weight is 247 g/mol. The zero-order valence-electron chi connectivity index (χ0n) is 9.63. The van der Waals surface area contributed by atoms with Crippen molar-refractivity contribution in [1.29, 1.82) is 0 Å². The van der Waals surface area contributed by atoms with E-state index in [1.807, 2.05) is 12.1 Å². The molecule has 18 heavy (non-hydrogen) atoms. The number of benzene rings is 1. The maximum absolute atomic E-state index is 11.2. The molecule has 0 spiro atoms. The molecule has 0 aliphatic heterocycles. The molecule has 0 aliphatic rings. The fraction of sp³-hybridized carbons (Fsp3) is 0.154. The first-order valence-corrected chi connectivity index (χ1v) is 5.41. The number of aromatic hydroxyl groups is 1. The van der Waals surface area contributed by atoms with Gasteiger partial charge in [-0.1, -0.05) is 12.1 Å². The number of hydrogen-bond donors (Lipinski definition) is 2. The van der Waals surface area contributed by atoms with Gasteiger partial charge >= 0.3 is 0 Å². The number of hydrogen-bond acceptors (Lipinski definition) is 5. The van der Waals surface area contributed by atoms with Crippen LogP contribution in [-0.4, -0.2) is 5.11 Å². The van der Waals surface area contributed by atoms with Gasteiger partial charge in [0.1, 0.15) is 24.4 Å². The number of ether oxygens (including phenoxy) is 1. The Morgan fingerprint density at radius 2 is 2.00 bits per heavy atom. The van der Waals surface area contributed by atoms with Gasteiger partial charge in [0.05, 0.1) is 0 Å². The first-order chi connectivity index (χ1) is 8.69. The summed E-state index contributed by atoms with van der Waals surface area (Å²) in [7, 11) is 0. The summed E-state index contributed by atoms with van der Waals surface area (Å²) in [5.41, 5.74) is 6.01. The van der Waals surface area contributed by atoms with E-state index in [4.69, 9.17) is 20.0 Å². The molecule has 1 aromatic heterocycles. The van der Waals surface area contributed by atoms with Crippen LogP contribution in [0.1, 0.15) is 11.3 Å². The summed E-state index contributed by atoms with van der Waals surface area (Å²) in [6.07, 6.45) is 0.999. The minimum Gasteiger partial charge on any atom is -0.502 e. The van der Waals surface area contributed by atoms with Crippen molar-refractivity contribution in [3.05, 3.63) is 58.1 Å². The van der Waals surface area contributed by atoms with Crippen molar-refractivity contribution in [2.24, 2.45) is 5.73 Å². The molecule has 2 rings (SSSR count). The lowest BCUT2D eigenvalue weighted by Crippen LogP contribution is -2.03. The van der Waals surface area contributed by atoms with E-state index < -0.39 is 11.2 Å². The van der Waals surface area contributed by atoms with E-state index in [0.29, 0.717) is 18.1 Å². The zero-order chi connectivity index (χ0) is 13.0. The molecule has 0 radical (unpaired) electrons. The molecule has 5 heteroatoms. The molecular formula is C13H13NO4. The molecular weight excluding hydrogens is 234 g/mol. The van der Waals surface area contributed by atoms with Crippen LogP contribution in [0.15, 0.2) is 45.8 Å². The molecule has 0 fully saturated rings. The van der Waals surface area contributed by atoms with Crippen LogP contribution in [0, 0.1) is 0 Å². The fourth-order valence-electron chi connectivity index (χ4n) is 1.40. The Balaban J connectivity index is 2.02. The van der Waals surface area contributed by atoms with E-state index >= 15 is 0 Å². The average Bonchev–Trinajstić information content (AvgIpc) is 2.41. The summed E-state index contributed by atoms with van der Waals surface area (Å²) >= 11 is 0. The van der Waals surface area contributed by atoms with Gasteiger partial charge in [0, 0.05) is 12.6 Å². The molecule has 1 heterocycles. The largest absolute Gasteiger partial charge is 0.502 e. The summed E-state index contributed by atoms with van der Waals surface area (Å²) in [5, 5.41) is 9.03. The van der Waals surface area contributed by atoms with Crippen LogP contribution >= 0.6 is 0 Å². The normalized spacial score (nSPS) is 10.3. The standard InChI is InChI=1S/C13H13NO4/c14-6-9-1-3-10(4-2-9)17-7-11-5-12(15)13(16)8-18-11/h1-5,8,16H,6-7,14H2. The summed E-state index contributed by atoms with van der Waals surface area (Å²) in [6, 6.07) is 8.51. The molecule has 0 aliphatic carbocycles. The van der Waals surface area contributed by atoms with Crippen LogP contribution in [0.25, 0.3) is 0 Å². The highest BCUT2D eigenvalue weighted by Crippen LogP contribution is 2.14. The number of rotatable bonds is 4. The van der Waals surface area contributed by atoms with E-state index in [1.165, 1.54) is 6.07 Å². The van der Waals surface area contributed by atoms with Crippen LogP contribution < -0.4 is 15.9 Å². The molecule has 0 saturated heterocycles. The van der Waals surface area contributed by atoms with Crippen LogP contribution in [-0.2, 0) is 13.2 Å². The van der Waals surface area contributed by atoms with E-state index in [2.05, 4.69) is 0 Å². The van der Waals surface area contributed by atoms with Crippen molar-refractivity contribution < 1.29 is 14.3 Å². The molecule has 0 unspecified atom stereocenters. The minimum atomic E-state index is -0.488. The highest BCUT2D eigenvalue weighted by atomic mass is 16.5. The topological polar surface area (TPSA) is 85.7 Å². The quantitative estimate of drug-likeness (QED) is 0.852. The lowest BCUT2D eigenvalue weighted by molar-refractivity contribution is 0.263. The van der Waals surface area contributed by atoms with Gasteiger partial charge in [-0.25, -0.2) is 0 Å². The van der Waals surface area contributed by atoms with Gasteiger partial charge < -0.3 is 20.0 Å². The van der Waals surface area contributed by atoms with Crippen molar-refractivity contribution >= 4 is 0 Å². The third kappa shape index (κ3) is 2.89. The highest BCUT2D eigenvalue weighted by molar-refractivity contribution is 5.27. The van der Waals surface area contributed by atoms with Gasteiger partial charge in [0.25, 0.3) is 0 Å². The monoisotopic (exact) mass is 247 g/mol. The van der Waals surface area contributed by atoms with Gasteiger partial charge in [-0.3, -0.25) is 4.79 Å². The van der Waals surface area contributed by atoms with E-state index in [0.717, 1.165) is 11.8 Å². The van der Waals surface area contributed by atoms with E-state index in [-0.39, 0.29) is 6.61 Å². The summed E-state index contributed by atoms with van der Waals surface area (Å²) in [5.74, 6) is 0.592. The molecule has 94 valence electrons. The second-order valence-electron chi connectivity index (χ2n) is 3.73. The Bertz CT molecular complexity index is 574. The SMILES string of the molecule is NCc1ccc(OCc2cc(=O)c(O)co2)cc1. The maximum Gasteiger partial charge on any atom is 0.226 e. The van der Waals surface area contributed by atoms with Crippen LogP contribution in [0.2, 0.25) is 0 Å². The lowest BCUT2D eigenvalue weighted by atomic mass is 10.2. The Morgan fingerprint density at radius 1 is 1.28 bits per heavy atom. The molecule has 0 bridgehead atoms. The number of nitrogens with two attached hydrogens (primary N) is 1. The van der Waals surface area contributed by atoms with Gasteiger partial charge in [-0.15, -0.1) is 0 Å². The van der Waals surface area contributed by atoms with Gasteiger partial charge in [-0.05, 0) is 17.7 Å². The molecule has 5 nitrogen and oxygen atoms in total. The highest BCUT2D eigenvalue weighted by Gasteiger charge is 2.02. The summed E-state index contributed by atoms with van der Waals surface area (Å²) < 4.78 is 10.4. The van der Waals surface area contributed by atoms with Crippen LogP contribution in [0.3, 0.4) is 0 Å². The van der Waals surface area contributed by atoms with E-state index in [1.54, 1.807) is 12.1 Å². The lowest BCUT2D eigenvalue weighted by Gasteiger charge is -2.06. The summed E-state index contributed by atoms with van der Waals surface area (Å²) in [4.78, 5) is 11.2. The van der Waals surface area contributed by atoms with Gasteiger partial charge in [-0.2, -0.15) is 0 Å². The first-order valence-electron chi connectivity index (χ1n) is 5.41.